The molecule has 0 aromatic heterocycles. The Labute approximate surface area is 211 Å². The number of ether oxygens (including phenoxy) is 2. The maximum absolute atomic E-state index is 13.2. The number of piperazine rings is 1. The van der Waals surface area contributed by atoms with E-state index in [1.54, 1.807) is 24.1 Å². The molecule has 2 heterocycles. The Morgan fingerprint density at radius 1 is 0.833 bits per heavy atom. The van der Waals surface area contributed by atoms with Gasteiger partial charge in [0.15, 0.2) is 6.61 Å². The Kier molecular flexibility index (Phi) is 6.73. The van der Waals surface area contributed by atoms with Crippen LogP contribution in [0.1, 0.15) is 5.56 Å². The van der Waals surface area contributed by atoms with Crippen LogP contribution in [0.4, 0.5) is 11.4 Å². The van der Waals surface area contributed by atoms with E-state index in [1.165, 1.54) is 16.4 Å². The van der Waals surface area contributed by atoms with E-state index in [0.29, 0.717) is 31.8 Å². The highest BCUT2D eigenvalue weighted by Gasteiger charge is 2.30. The number of fused-ring (bicyclic) bond motifs is 1. The predicted octanol–water partition coefficient (Wildman–Crippen LogP) is 3.17. The van der Waals surface area contributed by atoms with Crippen LogP contribution in [-0.2, 0) is 21.2 Å². The maximum Gasteiger partial charge on any atom is 0.264 e. The van der Waals surface area contributed by atoms with Gasteiger partial charge in [0.2, 0.25) is 0 Å². The summed E-state index contributed by atoms with van der Waals surface area (Å²) in [5.74, 6) is 1.19. The fourth-order valence-electron chi connectivity index (χ4n) is 4.64. The lowest BCUT2D eigenvalue weighted by Gasteiger charge is -2.36. The van der Waals surface area contributed by atoms with Gasteiger partial charge in [0, 0.05) is 38.4 Å². The van der Waals surface area contributed by atoms with Crippen LogP contribution >= 0.6 is 0 Å². The Bertz CT molecular complexity index is 1320. The lowest BCUT2D eigenvalue weighted by molar-refractivity contribution is -0.133. The summed E-state index contributed by atoms with van der Waals surface area (Å²) in [6.07, 6.45) is 0.701. The van der Waals surface area contributed by atoms with Crippen LogP contribution < -0.4 is 18.7 Å². The summed E-state index contributed by atoms with van der Waals surface area (Å²) in [6.45, 7) is 3.05. The lowest BCUT2D eigenvalue weighted by atomic mass is 10.2. The Balaban J connectivity index is 1.14. The van der Waals surface area contributed by atoms with Gasteiger partial charge in [-0.05, 0) is 66.6 Å². The monoisotopic (exact) mass is 507 g/mol. The molecule has 8 nitrogen and oxygen atoms in total. The highest BCUT2D eigenvalue weighted by molar-refractivity contribution is 7.92. The van der Waals surface area contributed by atoms with E-state index >= 15 is 0 Å². The van der Waals surface area contributed by atoms with Crippen molar-refractivity contribution < 1.29 is 22.7 Å². The minimum absolute atomic E-state index is 0.0882. The van der Waals surface area contributed by atoms with Gasteiger partial charge in [0.1, 0.15) is 11.5 Å². The van der Waals surface area contributed by atoms with Crippen molar-refractivity contribution in [2.24, 2.45) is 0 Å². The summed E-state index contributed by atoms with van der Waals surface area (Å²) in [7, 11) is -2.01. The third kappa shape index (κ3) is 4.83. The Hall–Kier alpha value is -3.72. The molecule has 0 unspecified atom stereocenters. The molecule has 0 spiro atoms. The number of carbonyl (C=O) groups is 1. The molecule has 188 valence electrons. The number of carbonyl (C=O) groups excluding carboxylic acids is 1. The molecular weight excluding hydrogens is 478 g/mol. The second-order valence-corrected chi connectivity index (χ2v) is 10.6. The van der Waals surface area contributed by atoms with Crippen LogP contribution in [-0.4, -0.2) is 65.7 Å². The van der Waals surface area contributed by atoms with Crippen molar-refractivity contribution >= 4 is 27.3 Å². The van der Waals surface area contributed by atoms with Crippen molar-refractivity contribution in [3.05, 3.63) is 78.4 Å². The van der Waals surface area contributed by atoms with E-state index in [0.717, 1.165) is 35.8 Å². The molecule has 36 heavy (non-hydrogen) atoms. The van der Waals surface area contributed by atoms with E-state index in [9.17, 15) is 13.2 Å². The van der Waals surface area contributed by atoms with Gasteiger partial charge in [-0.15, -0.1) is 0 Å². The average molecular weight is 508 g/mol. The molecule has 9 heteroatoms. The normalized spacial score (nSPS) is 15.5. The lowest BCUT2D eigenvalue weighted by Crippen LogP contribution is -2.50. The van der Waals surface area contributed by atoms with Crippen LogP contribution in [0.15, 0.2) is 77.7 Å². The molecule has 1 saturated heterocycles. The quantitative estimate of drug-likeness (QED) is 0.489. The van der Waals surface area contributed by atoms with Gasteiger partial charge >= 0.3 is 0 Å². The topological polar surface area (TPSA) is 79.4 Å². The van der Waals surface area contributed by atoms with Gasteiger partial charge in [-0.2, -0.15) is 0 Å². The number of methoxy groups -OCH3 is 1. The fraction of sp³-hybridized carbons (Fsp3) is 0.296. The number of hydrogen-bond donors (Lipinski definition) is 0. The molecule has 3 aromatic rings. The number of anilines is 2. The summed E-state index contributed by atoms with van der Waals surface area (Å²) >= 11 is 0. The minimum atomic E-state index is -3.66. The van der Waals surface area contributed by atoms with Crippen LogP contribution in [0.3, 0.4) is 0 Å². The Morgan fingerprint density at radius 2 is 1.50 bits per heavy atom. The smallest absolute Gasteiger partial charge is 0.264 e. The van der Waals surface area contributed by atoms with E-state index < -0.39 is 10.0 Å². The first-order valence-electron chi connectivity index (χ1n) is 12.0. The van der Waals surface area contributed by atoms with E-state index in [-0.39, 0.29) is 17.4 Å². The molecule has 3 aromatic carbocycles. The highest BCUT2D eigenvalue weighted by Crippen LogP contribution is 2.33. The van der Waals surface area contributed by atoms with Crippen LogP contribution in [0.25, 0.3) is 0 Å². The molecule has 2 aliphatic heterocycles. The van der Waals surface area contributed by atoms with Crippen molar-refractivity contribution in [1.29, 1.82) is 0 Å². The van der Waals surface area contributed by atoms with E-state index in [4.69, 9.17) is 9.47 Å². The standard InChI is InChI=1S/C27H29N3O5S/c1-34-23-8-6-22(7-9-23)28-16-18-29(19-17-28)27(31)20-35-24-10-12-25(13-11-24)36(32,33)30-15-14-21-4-2-3-5-26(21)30/h2-13H,14-20H2,1H3. The van der Waals surface area contributed by atoms with E-state index in [2.05, 4.69) is 4.90 Å². The van der Waals surface area contributed by atoms with Gasteiger partial charge in [-0.25, -0.2) is 8.42 Å². The van der Waals surface area contributed by atoms with Crippen molar-refractivity contribution in [1.82, 2.24) is 4.90 Å². The third-order valence-corrected chi connectivity index (χ3v) is 8.52. The van der Waals surface area contributed by atoms with E-state index in [1.807, 2.05) is 48.5 Å². The number of sulfonamides is 1. The SMILES string of the molecule is COc1ccc(N2CCN(C(=O)COc3ccc(S(=O)(=O)N4CCc5ccccc54)cc3)CC2)cc1. The third-order valence-electron chi connectivity index (χ3n) is 6.69. The second-order valence-electron chi connectivity index (χ2n) is 8.78. The first-order valence-corrected chi connectivity index (χ1v) is 13.4. The maximum atomic E-state index is 13.2. The average Bonchev–Trinajstić information content (AvgIpc) is 3.37. The number of para-hydroxylation sites is 1. The zero-order chi connectivity index (χ0) is 25.1. The molecule has 2 aliphatic rings. The van der Waals surface area contributed by atoms with Crippen LogP contribution in [0, 0.1) is 0 Å². The summed E-state index contributed by atoms with van der Waals surface area (Å²) in [4.78, 5) is 16.9. The molecule has 0 aliphatic carbocycles. The van der Waals surface area contributed by atoms with Crippen molar-refractivity contribution in [3.63, 3.8) is 0 Å². The number of rotatable bonds is 7. The fourth-order valence-corrected chi connectivity index (χ4v) is 6.14. The number of amides is 1. The van der Waals surface area contributed by atoms with Gasteiger partial charge in [-0.1, -0.05) is 18.2 Å². The summed E-state index contributed by atoms with van der Waals surface area (Å²) in [6, 6.07) is 21.7. The minimum Gasteiger partial charge on any atom is -0.497 e. The first-order chi connectivity index (χ1) is 17.5. The molecule has 0 atom stereocenters. The van der Waals surface area contributed by atoms with Crippen molar-refractivity contribution in [2.75, 3.05) is 55.6 Å². The molecule has 5 rings (SSSR count). The zero-order valence-corrected chi connectivity index (χ0v) is 21.0. The second kappa shape index (κ2) is 10.1. The number of benzene rings is 3. The molecule has 0 N–H and O–H groups in total. The number of hydrogen-bond acceptors (Lipinski definition) is 6. The number of nitrogens with zero attached hydrogens (tertiary/aromatic N) is 3. The molecule has 1 fully saturated rings. The summed E-state index contributed by atoms with van der Waals surface area (Å²) in [5.41, 5.74) is 2.87. The zero-order valence-electron chi connectivity index (χ0n) is 20.2. The first kappa shape index (κ1) is 24.0. The molecule has 0 saturated carbocycles. The molecular formula is C27H29N3O5S. The van der Waals surface area contributed by atoms with Crippen molar-refractivity contribution in [2.45, 2.75) is 11.3 Å². The van der Waals surface area contributed by atoms with Crippen molar-refractivity contribution in [3.8, 4) is 11.5 Å². The van der Waals surface area contributed by atoms with Gasteiger partial charge < -0.3 is 19.3 Å². The molecule has 0 bridgehead atoms. The molecule has 1 amide bonds. The highest BCUT2D eigenvalue weighted by atomic mass is 32.2. The van der Waals surface area contributed by atoms with Crippen LogP contribution in [0.2, 0.25) is 0 Å². The summed E-state index contributed by atoms with van der Waals surface area (Å²) in [5, 5.41) is 0. The Morgan fingerprint density at radius 3 is 2.19 bits per heavy atom. The van der Waals surface area contributed by atoms with Gasteiger partial charge in [0.05, 0.1) is 17.7 Å². The molecule has 0 radical (unpaired) electrons. The largest absolute Gasteiger partial charge is 0.497 e. The van der Waals surface area contributed by atoms with Gasteiger partial charge in [0.25, 0.3) is 15.9 Å². The summed E-state index contributed by atoms with van der Waals surface area (Å²) < 4.78 is 38.7. The predicted molar refractivity (Wildman–Crippen MR) is 138 cm³/mol. The van der Waals surface area contributed by atoms with Crippen LogP contribution in [0.5, 0.6) is 11.5 Å². The van der Waals surface area contributed by atoms with Gasteiger partial charge in [-0.3, -0.25) is 9.10 Å².